The topological polar surface area (TPSA) is 40.5 Å². The minimum Gasteiger partial charge on any atom is -0.507 e. The van der Waals surface area contributed by atoms with E-state index >= 15 is 0 Å². The molecule has 0 fully saturated rings. The number of carbonyl (C=O) groups is 1. The second-order valence-electron chi connectivity index (χ2n) is 4.88. The van der Waals surface area contributed by atoms with Gasteiger partial charge in [0.25, 0.3) is 5.91 Å². The molecule has 0 saturated heterocycles. The Morgan fingerprint density at radius 3 is 2.22 bits per heavy atom. The summed E-state index contributed by atoms with van der Waals surface area (Å²) in [6.07, 6.45) is 1.64. The lowest BCUT2D eigenvalue weighted by Crippen LogP contribution is -2.42. The molecule has 0 unspecified atom stereocenters. The van der Waals surface area contributed by atoms with Crippen LogP contribution >= 0.6 is 0 Å². The first kappa shape index (κ1) is 14.3. The number of amides is 1. The maximum atomic E-state index is 12.4. The van der Waals surface area contributed by atoms with Crippen LogP contribution in [0.5, 0.6) is 5.75 Å². The minimum absolute atomic E-state index is 0.00343. The fourth-order valence-corrected chi connectivity index (χ4v) is 2.06. The van der Waals surface area contributed by atoms with Crippen LogP contribution in [0, 0.1) is 0 Å². The van der Waals surface area contributed by atoms with Gasteiger partial charge in [-0.2, -0.15) is 0 Å². The quantitative estimate of drug-likeness (QED) is 0.887. The number of nitrogens with zero attached hydrogens (tertiary/aromatic N) is 1. The molecule has 0 aliphatic heterocycles. The van der Waals surface area contributed by atoms with Crippen molar-refractivity contribution in [2.45, 2.75) is 39.8 Å². The van der Waals surface area contributed by atoms with Crippen molar-refractivity contribution in [1.82, 2.24) is 4.90 Å². The van der Waals surface area contributed by atoms with Gasteiger partial charge in [0.1, 0.15) is 5.75 Å². The molecule has 0 bridgehead atoms. The molecule has 0 aromatic heterocycles. The van der Waals surface area contributed by atoms with Crippen molar-refractivity contribution in [1.29, 1.82) is 0 Å². The summed E-state index contributed by atoms with van der Waals surface area (Å²) >= 11 is 0. The molecule has 1 aromatic rings. The summed E-state index contributed by atoms with van der Waals surface area (Å²) in [5.41, 5.74) is 1.13. The molecule has 0 radical (unpaired) electrons. The molecule has 0 aliphatic carbocycles. The van der Waals surface area contributed by atoms with Crippen molar-refractivity contribution in [2.75, 3.05) is 0 Å². The summed E-state index contributed by atoms with van der Waals surface area (Å²) in [5, 5.41) is 9.91. The molecular formula is C15H21NO2. The molecule has 1 N–H and O–H groups in total. The van der Waals surface area contributed by atoms with Gasteiger partial charge in [0, 0.05) is 12.1 Å². The maximum Gasteiger partial charge on any atom is 0.258 e. The van der Waals surface area contributed by atoms with Crippen LogP contribution in [0.3, 0.4) is 0 Å². The maximum absolute atomic E-state index is 12.4. The first-order chi connectivity index (χ1) is 8.38. The van der Waals surface area contributed by atoms with Gasteiger partial charge in [-0.3, -0.25) is 4.79 Å². The van der Waals surface area contributed by atoms with Gasteiger partial charge in [-0.1, -0.05) is 18.7 Å². The van der Waals surface area contributed by atoms with Crippen LogP contribution in [-0.2, 0) is 0 Å². The highest BCUT2D eigenvalue weighted by atomic mass is 16.3. The SMILES string of the molecule is C=Cc1ccc(C(=O)N(C(C)C)C(C)C)c(O)c1. The van der Waals surface area contributed by atoms with Crippen LogP contribution in [0.2, 0.25) is 0 Å². The third-order valence-electron chi connectivity index (χ3n) is 2.84. The van der Waals surface area contributed by atoms with E-state index in [0.29, 0.717) is 5.56 Å². The first-order valence-corrected chi connectivity index (χ1v) is 6.16. The van der Waals surface area contributed by atoms with Crippen LogP contribution in [0.1, 0.15) is 43.6 Å². The molecule has 0 aliphatic rings. The number of hydrogen-bond acceptors (Lipinski definition) is 2. The van der Waals surface area contributed by atoms with Gasteiger partial charge in [0.2, 0.25) is 0 Å². The molecule has 3 nitrogen and oxygen atoms in total. The number of aromatic hydroxyl groups is 1. The predicted octanol–water partition coefficient (Wildman–Crippen LogP) is 3.29. The number of carbonyl (C=O) groups excluding carboxylic acids is 1. The largest absolute Gasteiger partial charge is 0.507 e. The Hall–Kier alpha value is -1.77. The second-order valence-corrected chi connectivity index (χ2v) is 4.88. The Balaban J connectivity index is 3.13. The smallest absolute Gasteiger partial charge is 0.258 e. The Morgan fingerprint density at radius 2 is 1.83 bits per heavy atom. The molecule has 0 spiro atoms. The van der Waals surface area contributed by atoms with Crippen molar-refractivity contribution in [3.8, 4) is 5.75 Å². The summed E-state index contributed by atoms with van der Waals surface area (Å²) in [6.45, 7) is 11.5. The van der Waals surface area contributed by atoms with Gasteiger partial charge in [-0.25, -0.2) is 0 Å². The zero-order valence-corrected chi connectivity index (χ0v) is 11.5. The summed E-state index contributed by atoms with van der Waals surface area (Å²) in [6, 6.07) is 5.16. The monoisotopic (exact) mass is 247 g/mol. The van der Waals surface area contributed by atoms with Crippen molar-refractivity contribution in [3.63, 3.8) is 0 Å². The van der Waals surface area contributed by atoms with E-state index in [2.05, 4.69) is 6.58 Å². The molecule has 98 valence electrons. The van der Waals surface area contributed by atoms with Crippen LogP contribution in [0.25, 0.3) is 6.08 Å². The van der Waals surface area contributed by atoms with Gasteiger partial charge in [0.15, 0.2) is 0 Å². The van der Waals surface area contributed by atoms with Crippen molar-refractivity contribution < 1.29 is 9.90 Å². The van der Waals surface area contributed by atoms with Crippen LogP contribution in [-0.4, -0.2) is 28.0 Å². The van der Waals surface area contributed by atoms with Crippen LogP contribution in [0.4, 0.5) is 0 Å². The number of rotatable bonds is 4. The van der Waals surface area contributed by atoms with E-state index in [1.807, 2.05) is 27.7 Å². The summed E-state index contributed by atoms with van der Waals surface area (Å²) in [5.74, 6) is -0.142. The number of phenols is 1. The minimum atomic E-state index is -0.145. The standard InChI is InChI=1S/C15H21NO2/c1-6-12-7-8-13(14(17)9-12)15(18)16(10(2)3)11(4)5/h6-11,17H,1H2,2-5H3. The summed E-state index contributed by atoms with van der Waals surface area (Å²) in [7, 11) is 0. The summed E-state index contributed by atoms with van der Waals surface area (Å²) < 4.78 is 0. The van der Waals surface area contributed by atoms with Gasteiger partial charge in [-0.15, -0.1) is 0 Å². The zero-order chi connectivity index (χ0) is 13.9. The summed E-state index contributed by atoms with van der Waals surface area (Å²) in [4.78, 5) is 14.1. The fourth-order valence-electron chi connectivity index (χ4n) is 2.06. The Bertz CT molecular complexity index is 442. The average Bonchev–Trinajstić information content (AvgIpc) is 2.27. The predicted molar refractivity (Wildman–Crippen MR) is 74.6 cm³/mol. The Labute approximate surface area is 109 Å². The molecule has 1 aromatic carbocycles. The van der Waals surface area contributed by atoms with Gasteiger partial charge < -0.3 is 10.0 Å². The highest BCUT2D eigenvalue weighted by Crippen LogP contribution is 2.23. The lowest BCUT2D eigenvalue weighted by atomic mass is 10.1. The molecule has 1 rings (SSSR count). The molecule has 0 heterocycles. The van der Waals surface area contributed by atoms with Gasteiger partial charge >= 0.3 is 0 Å². The zero-order valence-electron chi connectivity index (χ0n) is 11.5. The highest BCUT2D eigenvalue weighted by molar-refractivity contribution is 5.97. The normalized spacial score (nSPS) is 10.8. The third-order valence-corrected chi connectivity index (χ3v) is 2.84. The van der Waals surface area contributed by atoms with E-state index in [-0.39, 0.29) is 23.7 Å². The van der Waals surface area contributed by atoms with E-state index in [9.17, 15) is 9.90 Å². The fraction of sp³-hybridized carbons (Fsp3) is 0.400. The first-order valence-electron chi connectivity index (χ1n) is 6.16. The van der Waals surface area contributed by atoms with Gasteiger partial charge in [0.05, 0.1) is 5.56 Å². The lowest BCUT2D eigenvalue weighted by Gasteiger charge is -2.31. The molecular weight excluding hydrogens is 226 g/mol. The number of hydrogen-bond donors (Lipinski definition) is 1. The van der Waals surface area contributed by atoms with Gasteiger partial charge in [-0.05, 0) is 45.4 Å². The van der Waals surface area contributed by atoms with Crippen molar-refractivity contribution in [2.24, 2.45) is 0 Å². The average molecular weight is 247 g/mol. The van der Waals surface area contributed by atoms with E-state index in [1.165, 1.54) is 0 Å². The molecule has 3 heteroatoms. The number of benzene rings is 1. The van der Waals surface area contributed by atoms with E-state index in [4.69, 9.17) is 0 Å². The van der Waals surface area contributed by atoms with E-state index in [1.54, 1.807) is 29.2 Å². The molecule has 0 atom stereocenters. The van der Waals surface area contributed by atoms with Crippen molar-refractivity contribution >= 4 is 12.0 Å². The van der Waals surface area contributed by atoms with Crippen LogP contribution < -0.4 is 0 Å². The second kappa shape index (κ2) is 5.71. The highest BCUT2D eigenvalue weighted by Gasteiger charge is 2.23. The van der Waals surface area contributed by atoms with E-state index < -0.39 is 0 Å². The number of phenolic OH excluding ortho intramolecular Hbond substituents is 1. The molecule has 1 amide bonds. The van der Waals surface area contributed by atoms with Crippen molar-refractivity contribution in [3.05, 3.63) is 35.9 Å². The molecule has 0 saturated carbocycles. The van der Waals surface area contributed by atoms with Crippen LogP contribution in [0.15, 0.2) is 24.8 Å². The molecule has 18 heavy (non-hydrogen) atoms. The van der Waals surface area contributed by atoms with E-state index in [0.717, 1.165) is 5.56 Å². The Morgan fingerprint density at radius 1 is 1.28 bits per heavy atom. The lowest BCUT2D eigenvalue weighted by molar-refractivity contribution is 0.0640. The Kier molecular flexibility index (Phi) is 4.54. The third kappa shape index (κ3) is 2.92.